The Bertz CT molecular complexity index is 638. The van der Waals surface area contributed by atoms with E-state index in [0.29, 0.717) is 11.5 Å². The summed E-state index contributed by atoms with van der Waals surface area (Å²) in [7, 11) is 0. The lowest BCUT2D eigenvalue weighted by molar-refractivity contribution is 0.438. The van der Waals surface area contributed by atoms with Gasteiger partial charge in [-0.15, -0.1) is 0 Å². The van der Waals surface area contributed by atoms with Crippen LogP contribution in [0.25, 0.3) is 0 Å². The van der Waals surface area contributed by atoms with Crippen molar-refractivity contribution in [1.82, 2.24) is 0 Å². The van der Waals surface area contributed by atoms with Gasteiger partial charge in [0.25, 0.3) is 0 Å². The number of nitrogens with two attached hydrogens (primary N) is 1. The molecule has 0 amide bonds. The van der Waals surface area contributed by atoms with Gasteiger partial charge in [-0.3, -0.25) is 0 Å². The minimum Gasteiger partial charge on any atom is -0.320 e. The van der Waals surface area contributed by atoms with Crippen molar-refractivity contribution >= 4 is 0 Å². The average molecular weight is 293 g/mol. The minimum atomic E-state index is -1.48. The minimum absolute atomic E-state index is 0.0457. The summed E-state index contributed by atoms with van der Waals surface area (Å²) in [5, 5.41) is 0. The molecule has 2 N–H and O–H groups in total. The van der Waals surface area contributed by atoms with Crippen molar-refractivity contribution in [1.29, 1.82) is 0 Å². The van der Waals surface area contributed by atoms with Gasteiger partial charge in [0.05, 0.1) is 6.04 Å². The second-order valence-electron chi connectivity index (χ2n) is 5.59. The Morgan fingerprint density at radius 3 is 2.38 bits per heavy atom. The molecule has 2 aromatic rings. The third-order valence-electron chi connectivity index (χ3n) is 3.35. The number of hydrogen-bond donors (Lipinski definition) is 1. The van der Waals surface area contributed by atoms with E-state index in [9.17, 15) is 13.2 Å². The van der Waals surface area contributed by atoms with Crippen LogP contribution in [-0.4, -0.2) is 0 Å². The smallest absolute Gasteiger partial charge is 0.194 e. The molecule has 0 aliphatic carbocycles. The number of rotatable bonds is 4. The Morgan fingerprint density at radius 2 is 1.71 bits per heavy atom. The van der Waals surface area contributed by atoms with Gasteiger partial charge in [-0.25, -0.2) is 13.2 Å². The fraction of sp³-hybridized carbons (Fsp3) is 0.294. The normalized spacial score (nSPS) is 12.7. The van der Waals surface area contributed by atoms with Gasteiger partial charge in [0.15, 0.2) is 17.5 Å². The van der Waals surface area contributed by atoms with E-state index in [0.717, 1.165) is 18.1 Å². The van der Waals surface area contributed by atoms with Gasteiger partial charge in [0.1, 0.15) is 0 Å². The fourth-order valence-electron chi connectivity index (χ4n) is 2.35. The summed E-state index contributed by atoms with van der Waals surface area (Å²) in [6, 6.07) is 8.70. The molecule has 1 unspecified atom stereocenters. The van der Waals surface area contributed by atoms with Gasteiger partial charge in [0.2, 0.25) is 0 Å². The molecule has 2 aromatic carbocycles. The quantitative estimate of drug-likeness (QED) is 0.833. The molecule has 0 aliphatic rings. The molecular formula is C17H18F3N. The van der Waals surface area contributed by atoms with Crippen LogP contribution >= 0.6 is 0 Å². The molecule has 112 valence electrons. The van der Waals surface area contributed by atoms with E-state index in [1.165, 1.54) is 6.07 Å². The van der Waals surface area contributed by atoms with Crippen LogP contribution < -0.4 is 5.73 Å². The molecule has 0 fully saturated rings. The SMILES string of the molecule is CC(C)Cc1cccc(C(N)c2ccc(F)c(F)c2F)c1. The van der Waals surface area contributed by atoms with Crippen LogP contribution in [0.5, 0.6) is 0 Å². The third kappa shape index (κ3) is 3.45. The third-order valence-corrected chi connectivity index (χ3v) is 3.35. The van der Waals surface area contributed by atoms with Gasteiger partial charge in [-0.2, -0.15) is 0 Å². The van der Waals surface area contributed by atoms with Crippen molar-refractivity contribution in [2.45, 2.75) is 26.3 Å². The lowest BCUT2D eigenvalue weighted by atomic mass is 9.95. The summed E-state index contributed by atoms with van der Waals surface area (Å²) >= 11 is 0. The highest BCUT2D eigenvalue weighted by atomic mass is 19.2. The van der Waals surface area contributed by atoms with Gasteiger partial charge >= 0.3 is 0 Å². The van der Waals surface area contributed by atoms with Crippen LogP contribution in [-0.2, 0) is 6.42 Å². The molecule has 0 radical (unpaired) electrons. The van der Waals surface area contributed by atoms with Gasteiger partial charge in [-0.05, 0) is 29.5 Å². The van der Waals surface area contributed by atoms with Crippen LogP contribution in [0.3, 0.4) is 0 Å². The Kier molecular flexibility index (Phi) is 4.68. The zero-order valence-electron chi connectivity index (χ0n) is 12.0. The summed E-state index contributed by atoms with van der Waals surface area (Å²) in [5.74, 6) is -3.44. The molecule has 2 rings (SSSR count). The molecule has 0 saturated carbocycles. The predicted octanol–water partition coefficient (Wildman–Crippen LogP) is 4.35. The van der Waals surface area contributed by atoms with Crippen LogP contribution in [0.15, 0.2) is 36.4 Å². The number of hydrogen-bond acceptors (Lipinski definition) is 1. The lowest BCUT2D eigenvalue weighted by Crippen LogP contribution is -2.15. The van der Waals surface area contributed by atoms with Crippen LogP contribution in [0.4, 0.5) is 13.2 Å². The fourth-order valence-corrected chi connectivity index (χ4v) is 2.35. The average Bonchev–Trinajstić information content (AvgIpc) is 2.44. The zero-order chi connectivity index (χ0) is 15.6. The van der Waals surface area contributed by atoms with Crippen molar-refractivity contribution < 1.29 is 13.2 Å². The van der Waals surface area contributed by atoms with E-state index in [1.54, 1.807) is 6.07 Å². The Hall–Kier alpha value is -1.81. The summed E-state index contributed by atoms with van der Waals surface area (Å²) in [6.07, 6.45) is 0.876. The van der Waals surface area contributed by atoms with Crippen LogP contribution in [0, 0.1) is 23.4 Å². The maximum Gasteiger partial charge on any atom is 0.194 e. The first-order valence-corrected chi connectivity index (χ1v) is 6.88. The Labute approximate surface area is 122 Å². The van der Waals surface area contributed by atoms with Crippen molar-refractivity contribution in [2.75, 3.05) is 0 Å². The van der Waals surface area contributed by atoms with Crippen molar-refractivity contribution in [3.8, 4) is 0 Å². The first-order chi connectivity index (χ1) is 9.90. The van der Waals surface area contributed by atoms with Crippen LogP contribution in [0.1, 0.15) is 36.6 Å². The molecular weight excluding hydrogens is 275 g/mol. The van der Waals surface area contributed by atoms with E-state index >= 15 is 0 Å². The topological polar surface area (TPSA) is 26.0 Å². The predicted molar refractivity (Wildman–Crippen MR) is 77.3 cm³/mol. The Balaban J connectivity index is 2.36. The summed E-state index contributed by atoms with van der Waals surface area (Å²) < 4.78 is 40.1. The highest BCUT2D eigenvalue weighted by Gasteiger charge is 2.19. The number of benzene rings is 2. The molecule has 4 heteroatoms. The molecule has 1 nitrogen and oxygen atoms in total. The van der Waals surface area contributed by atoms with E-state index in [2.05, 4.69) is 13.8 Å². The van der Waals surface area contributed by atoms with Gasteiger partial charge in [0, 0.05) is 5.56 Å². The van der Waals surface area contributed by atoms with E-state index in [4.69, 9.17) is 5.73 Å². The zero-order valence-corrected chi connectivity index (χ0v) is 12.0. The van der Waals surface area contributed by atoms with Gasteiger partial charge < -0.3 is 5.73 Å². The molecule has 0 aromatic heterocycles. The second-order valence-corrected chi connectivity index (χ2v) is 5.59. The molecule has 0 heterocycles. The van der Waals surface area contributed by atoms with Crippen LogP contribution in [0.2, 0.25) is 0 Å². The first kappa shape index (κ1) is 15.6. The van der Waals surface area contributed by atoms with Gasteiger partial charge in [-0.1, -0.05) is 44.2 Å². The molecule has 21 heavy (non-hydrogen) atoms. The summed E-state index contributed by atoms with van der Waals surface area (Å²) in [4.78, 5) is 0. The second kappa shape index (κ2) is 6.31. The molecule has 0 saturated heterocycles. The maximum absolute atomic E-state index is 13.8. The first-order valence-electron chi connectivity index (χ1n) is 6.88. The highest BCUT2D eigenvalue weighted by molar-refractivity contribution is 5.35. The Morgan fingerprint density at radius 1 is 1.00 bits per heavy atom. The lowest BCUT2D eigenvalue weighted by Gasteiger charge is -2.15. The molecule has 0 bridgehead atoms. The van der Waals surface area contributed by atoms with E-state index in [-0.39, 0.29) is 5.56 Å². The van der Waals surface area contributed by atoms with E-state index < -0.39 is 23.5 Å². The highest BCUT2D eigenvalue weighted by Crippen LogP contribution is 2.26. The molecule has 0 spiro atoms. The van der Waals surface area contributed by atoms with Crippen molar-refractivity contribution in [3.63, 3.8) is 0 Å². The monoisotopic (exact) mass is 293 g/mol. The summed E-state index contributed by atoms with van der Waals surface area (Å²) in [6.45, 7) is 4.20. The maximum atomic E-state index is 13.8. The van der Waals surface area contributed by atoms with E-state index in [1.807, 2.05) is 18.2 Å². The molecule has 1 atom stereocenters. The summed E-state index contributed by atoms with van der Waals surface area (Å²) in [5.41, 5.74) is 7.72. The van der Waals surface area contributed by atoms with Crippen molar-refractivity contribution in [2.24, 2.45) is 11.7 Å². The standard InChI is InChI=1S/C17H18F3N/c1-10(2)8-11-4-3-5-12(9-11)17(21)13-6-7-14(18)16(20)15(13)19/h3-7,9-10,17H,8,21H2,1-2H3. The molecule has 0 aliphatic heterocycles. The largest absolute Gasteiger partial charge is 0.320 e. The van der Waals surface area contributed by atoms with Crippen molar-refractivity contribution in [3.05, 3.63) is 70.5 Å². The number of halogens is 3.